The summed E-state index contributed by atoms with van der Waals surface area (Å²) in [6.07, 6.45) is 6.19. The fraction of sp³-hybridized carbons (Fsp3) is 0.767. The van der Waals surface area contributed by atoms with E-state index in [1.807, 2.05) is 0 Å². The quantitative estimate of drug-likeness (QED) is 0.377. The normalized spacial score (nSPS) is 44.7. The average molecular weight is 500 g/mol. The number of anilines is 1. The highest BCUT2D eigenvalue weighted by Gasteiger charge is 2.65. The Hall–Kier alpha value is -1.63. The van der Waals surface area contributed by atoms with Crippen molar-refractivity contribution < 1.29 is 25.2 Å². The van der Waals surface area contributed by atoms with Gasteiger partial charge in [0.2, 0.25) is 5.91 Å². The van der Waals surface area contributed by atoms with E-state index in [0.29, 0.717) is 29.9 Å². The van der Waals surface area contributed by atoms with Crippen LogP contribution < -0.4 is 5.32 Å². The fourth-order valence-electron chi connectivity index (χ4n) is 9.48. The molecule has 5 unspecified atom stereocenters. The molecule has 6 nitrogen and oxygen atoms in total. The van der Waals surface area contributed by atoms with E-state index in [0.717, 1.165) is 51.4 Å². The van der Waals surface area contributed by atoms with Gasteiger partial charge in [-0.05, 0) is 110 Å². The van der Waals surface area contributed by atoms with Gasteiger partial charge >= 0.3 is 0 Å². The number of amides is 1. The van der Waals surface area contributed by atoms with Crippen molar-refractivity contribution in [3.8, 4) is 5.75 Å². The van der Waals surface area contributed by atoms with Gasteiger partial charge in [0.1, 0.15) is 5.75 Å². The number of nitrogens with one attached hydrogen (secondary N) is 1. The third kappa shape index (κ3) is 4.17. The first-order valence-corrected chi connectivity index (χ1v) is 14.2. The van der Waals surface area contributed by atoms with Gasteiger partial charge in [0, 0.05) is 6.42 Å². The van der Waals surface area contributed by atoms with E-state index in [-0.39, 0.29) is 52.4 Å². The van der Waals surface area contributed by atoms with Gasteiger partial charge < -0.3 is 25.7 Å². The summed E-state index contributed by atoms with van der Waals surface area (Å²) in [6, 6.07) is 6.77. The van der Waals surface area contributed by atoms with Crippen LogP contribution in [0.4, 0.5) is 5.69 Å². The smallest absolute Gasteiger partial charge is 0.224 e. The number of rotatable bonds is 5. The minimum atomic E-state index is -0.414. The second-order valence-electron chi connectivity index (χ2n) is 13.1. The molecule has 5 N–H and O–H groups in total. The molecule has 0 spiro atoms. The molecule has 1 aromatic rings. The molecule has 0 aliphatic heterocycles. The lowest BCUT2D eigenvalue weighted by atomic mass is 9.43. The van der Waals surface area contributed by atoms with Gasteiger partial charge in [0.05, 0.1) is 24.0 Å². The van der Waals surface area contributed by atoms with Crippen molar-refractivity contribution in [2.45, 2.75) is 96.9 Å². The number of carbonyl (C=O) groups is 1. The number of phenols is 1. The number of aromatic hydroxyl groups is 1. The maximum atomic E-state index is 12.6. The van der Waals surface area contributed by atoms with Crippen LogP contribution in [0.5, 0.6) is 5.75 Å². The van der Waals surface area contributed by atoms with Crippen molar-refractivity contribution >= 4 is 11.6 Å². The predicted octanol–water partition coefficient (Wildman–Crippen LogP) is 4.71. The molecule has 4 aliphatic rings. The number of aliphatic hydroxyl groups is 3. The Bertz CT molecular complexity index is 968. The van der Waals surface area contributed by atoms with Crippen LogP contribution in [0.3, 0.4) is 0 Å². The van der Waals surface area contributed by atoms with Crippen LogP contribution in [0, 0.1) is 46.3 Å². The SMILES string of the molecule is CC(CCC(=O)Nc1ccccc1O)[C@H]1CCC2C3C(C[C@H](O)[C@@]21C)[C@@]1(C)CC[C@@H](O)CC1C[C@H]3O. The monoisotopic (exact) mass is 499 g/mol. The molecule has 4 saturated carbocycles. The first kappa shape index (κ1) is 26.0. The summed E-state index contributed by atoms with van der Waals surface area (Å²) in [6.45, 7) is 6.82. The molecule has 0 saturated heterocycles. The van der Waals surface area contributed by atoms with Gasteiger partial charge in [-0.2, -0.15) is 0 Å². The van der Waals surface area contributed by atoms with Crippen LogP contribution in [0.2, 0.25) is 0 Å². The lowest BCUT2D eigenvalue weighted by molar-refractivity contribution is -0.207. The molecule has 200 valence electrons. The number of para-hydroxylation sites is 2. The largest absolute Gasteiger partial charge is 0.506 e. The van der Waals surface area contributed by atoms with Gasteiger partial charge in [0.15, 0.2) is 0 Å². The van der Waals surface area contributed by atoms with Crippen LogP contribution >= 0.6 is 0 Å². The van der Waals surface area contributed by atoms with E-state index >= 15 is 0 Å². The Morgan fingerprint density at radius 1 is 1.06 bits per heavy atom. The molecule has 1 amide bonds. The number of carbonyl (C=O) groups excluding carboxylic acids is 1. The number of aliphatic hydroxyl groups excluding tert-OH is 3. The molecule has 11 atom stereocenters. The second-order valence-corrected chi connectivity index (χ2v) is 13.1. The molecule has 0 heterocycles. The Morgan fingerprint density at radius 2 is 1.81 bits per heavy atom. The predicted molar refractivity (Wildman–Crippen MR) is 139 cm³/mol. The van der Waals surface area contributed by atoms with Crippen molar-refractivity contribution in [3.05, 3.63) is 24.3 Å². The molecular weight excluding hydrogens is 454 g/mol. The Morgan fingerprint density at radius 3 is 2.56 bits per heavy atom. The molecule has 4 fully saturated rings. The zero-order chi connectivity index (χ0) is 25.8. The Kier molecular flexibility index (Phi) is 6.93. The highest BCUT2D eigenvalue weighted by Crippen LogP contribution is 2.68. The van der Waals surface area contributed by atoms with Crippen LogP contribution in [-0.4, -0.2) is 44.6 Å². The maximum absolute atomic E-state index is 12.6. The van der Waals surface area contributed by atoms with Crippen LogP contribution in [-0.2, 0) is 4.79 Å². The van der Waals surface area contributed by atoms with Gasteiger partial charge in [-0.3, -0.25) is 4.79 Å². The van der Waals surface area contributed by atoms with E-state index in [9.17, 15) is 25.2 Å². The summed E-state index contributed by atoms with van der Waals surface area (Å²) in [7, 11) is 0. The van der Waals surface area contributed by atoms with Crippen molar-refractivity contribution in [1.29, 1.82) is 0 Å². The van der Waals surface area contributed by atoms with Gasteiger partial charge in [-0.25, -0.2) is 0 Å². The Labute approximate surface area is 215 Å². The van der Waals surface area contributed by atoms with Gasteiger partial charge in [-0.1, -0.05) is 32.9 Å². The maximum Gasteiger partial charge on any atom is 0.224 e. The molecular formula is C30H45NO5. The van der Waals surface area contributed by atoms with Gasteiger partial charge in [0.25, 0.3) is 0 Å². The summed E-state index contributed by atoms with van der Waals surface area (Å²) >= 11 is 0. The minimum absolute atomic E-state index is 0.0689. The van der Waals surface area contributed by atoms with Crippen LogP contribution in [0.1, 0.15) is 78.6 Å². The zero-order valence-electron chi connectivity index (χ0n) is 22.1. The number of phenolic OH excluding ortho intramolecular Hbond substituents is 1. The molecule has 6 heteroatoms. The summed E-state index contributed by atoms with van der Waals surface area (Å²) < 4.78 is 0. The second kappa shape index (κ2) is 9.59. The summed E-state index contributed by atoms with van der Waals surface area (Å²) in [5, 5.41) is 46.2. The lowest BCUT2D eigenvalue weighted by Gasteiger charge is -2.63. The zero-order valence-corrected chi connectivity index (χ0v) is 22.1. The highest BCUT2D eigenvalue weighted by molar-refractivity contribution is 5.92. The van der Waals surface area contributed by atoms with Gasteiger partial charge in [-0.15, -0.1) is 0 Å². The molecule has 1 aromatic carbocycles. The van der Waals surface area contributed by atoms with Crippen LogP contribution in [0.15, 0.2) is 24.3 Å². The summed E-state index contributed by atoms with van der Waals surface area (Å²) in [5.41, 5.74) is 0.258. The van der Waals surface area contributed by atoms with E-state index in [1.54, 1.807) is 24.3 Å². The van der Waals surface area contributed by atoms with Crippen molar-refractivity contribution in [3.63, 3.8) is 0 Å². The first-order chi connectivity index (χ1) is 17.1. The molecule has 0 bridgehead atoms. The topological polar surface area (TPSA) is 110 Å². The number of fused-ring (bicyclic) bond motifs is 5. The van der Waals surface area contributed by atoms with E-state index in [4.69, 9.17) is 0 Å². The summed E-state index contributed by atoms with van der Waals surface area (Å²) in [5.74, 6) is 1.66. The number of hydrogen-bond donors (Lipinski definition) is 5. The standard InChI is InChI=1S/C30H45NO5/c1-17(8-11-27(36)31-23-6-4-5-7-24(23)33)20-9-10-21-28-22(16-26(35)30(20,21)3)29(2)13-12-19(32)14-18(29)15-25(28)34/h4-7,17-22,25-26,28,32-35H,8-16H2,1-3H3,(H,31,36)/t17?,18?,19-,20-,21?,22?,25-,26+,28?,29+,30-/m1/s1. The molecule has 36 heavy (non-hydrogen) atoms. The third-order valence-electron chi connectivity index (χ3n) is 11.5. The number of hydrogen-bond acceptors (Lipinski definition) is 5. The summed E-state index contributed by atoms with van der Waals surface area (Å²) in [4.78, 5) is 12.6. The van der Waals surface area contributed by atoms with E-state index < -0.39 is 6.10 Å². The van der Waals surface area contributed by atoms with Crippen molar-refractivity contribution in [2.24, 2.45) is 46.3 Å². The minimum Gasteiger partial charge on any atom is -0.506 e. The average Bonchev–Trinajstić information content (AvgIpc) is 3.19. The first-order valence-electron chi connectivity index (χ1n) is 14.2. The van der Waals surface area contributed by atoms with E-state index in [1.165, 1.54) is 0 Å². The van der Waals surface area contributed by atoms with Crippen LogP contribution in [0.25, 0.3) is 0 Å². The highest BCUT2D eigenvalue weighted by atomic mass is 16.3. The molecule has 4 aliphatic carbocycles. The fourth-order valence-corrected chi connectivity index (χ4v) is 9.48. The molecule has 0 aromatic heterocycles. The lowest BCUT2D eigenvalue weighted by Crippen LogP contribution is -2.62. The Balaban J connectivity index is 1.28. The van der Waals surface area contributed by atoms with Crippen molar-refractivity contribution in [1.82, 2.24) is 0 Å². The molecule has 5 rings (SSSR count). The van der Waals surface area contributed by atoms with Crippen molar-refractivity contribution in [2.75, 3.05) is 5.32 Å². The number of benzene rings is 1. The van der Waals surface area contributed by atoms with E-state index in [2.05, 4.69) is 26.1 Å². The third-order valence-corrected chi connectivity index (χ3v) is 11.5. The molecule has 0 radical (unpaired) electrons.